The molecular weight excluding hydrogens is 352 g/mol. The van der Waals surface area contributed by atoms with Crippen molar-refractivity contribution in [3.05, 3.63) is 57.2 Å². The van der Waals surface area contributed by atoms with Gasteiger partial charge in [0.25, 0.3) is 0 Å². The van der Waals surface area contributed by atoms with Crippen LogP contribution < -0.4 is 5.32 Å². The van der Waals surface area contributed by atoms with E-state index in [9.17, 15) is 0 Å². The van der Waals surface area contributed by atoms with E-state index in [0.29, 0.717) is 18.2 Å². The van der Waals surface area contributed by atoms with Gasteiger partial charge in [0.2, 0.25) is 0 Å². The van der Waals surface area contributed by atoms with Crippen LogP contribution in [0.4, 0.5) is 5.82 Å². The van der Waals surface area contributed by atoms with Gasteiger partial charge in [0.1, 0.15) is 5.82 Å². The lowest BCUT2D eigenvalue weighted by Gasteiger charge is -2.09. The van der Waals surface area contributed by atoms with Crippen molar-refractivity contribution in [1.29, 1.82) is 0 Å². The van der Waals surface area contributed by atoms with Crippen molar-refractivity contribution in [1.82, 2.24) is 4.98 Å². The number of aromatic nitrogens is 1. The van der Waals surface area contributed by atoms with Crippen molar-refractivity contribution in [3.8, 4) is 0 Å². The Morgan fingerprint density at radius 1 is 1.24 bits per heavy atom. The van der Waals surface area contributed by atoms with Gasteiger partial charge in [-0.3, -0.25) is 0 Å². The van der Waals surface area contributed by atoms with E-state index in [0.717, 1.165) is 34.5 Å². The van der Waals surface area contributed by atoms with Gasteiger partial charge in [-0.2, -0.15) is 0 Å². The van der Waals surface area contributed by atoms with Crippen LogP contribution in [0, 0.1) is 0 Å². The molecule has 1 aromatic carbocycles. The van der Waals surface area contributed by atoms with Crippen molar-refractivity contribution >= 4 is 33.3 Å². The fourth-order valence-electron chi connectivity index (χ4n) is 1.83. The van der Waals surface area contributed by atoms with E-state index in [1.807, 2.05) is 36.4 Å². The normalized spacial score (nSPS) is 10.6. The minimum atomic E-state index is 0.396. The zero-order chi connectivity index (χ0) is 15.1. The zero-order valence-corrected chi connectivity index (χ0v) is 14.2. The molecule has 0 aliphatic heterocycles. The van der Waals surface area contributed by atoms with E-state index in [2.05, 4.69) is 33.2 Å². The van der Waals surface area contributed by atoms with E-state index in [1.165, 1.54) is 0 Å². The van der Waals surface area contributed by atoms with Crippen LogP contribution in [0.15, 0.2) is 40.9 Å². The van der Waals surface area contributed by atoms with Gasteiger partial charge in [0.05, 0.1) is 23.9 Å². The van der Waals surface area contributed by atoms with E-state index in [1.54, 1.807) is 0 Å². The molecule has 1 N–H and O–H groups in total. The maximum atomic E-state index is 6.16. The minimum absolute atomic E-state index is 0.396. The van der Waals surface area contributed by atoms with Crippen LogP contribution in [0.25, 0.3) is 0 Å². The molecular formula is C16H18BrClN2O. The molecule has 0 fully saturated rings. The van der Waals surface area contributed by atoms with Crippen LogP contribution in [0.3, 0.4) is 0 Å². The molecule has 0 amide bonds. The molecule has 0 atom stereocenters. The number of anilines is 1. The van der Waals surface area contributed by atoms with Gasteiger partial charge in [0.15, 0.2) is 0 Å². The van der Waals surface area contributed by atoms with Gasteiger partial charge < -0.3 is 10.1 Å². The predicted molar refractivity (Wildman–Crippen MR) is 90.7 cm³/mol. The van der Waals surface area contributed by atoms with Gasteiger partial charge >= 0.3 is 0 Å². The smallest absolute Gasteiger partial charge is 0.126 e. The molecule has 3 nitrogen and oxygen atoms in total. The van der Waals surface area contributed by atoms with Gasteiger partial charge in [-0.25, -0.2) is 4.98 Å². The Bertz CT molecular complexity index is 592. The Morgan fingerprint density at radius 2 is 2.10 bits per heavy atom. The van der Waals surface area contributed by atoms with E-state index >= 15 is 0 Å². The molecule has 112 valence electrons. The van der Waals surface area contributed by atoms with E-state index in [4.69, 9.17) is 16.3 Å². The summed E-state index contributed by atoms with van der Waals surface area (Å²) in [5.41, 5.74) is 1.87. The molecule has 5 heteroatoms. The average Bonchev–Trinajstić information content (AvgIpc) is 2.48. The molecule has 0 spiro atoms. The van der Waals surface area contributed by atoms with Gasteiger partial charge in [-0.1, -0.05) is 46.6 Å². The Hall–Kier alpha value is -1.10. The first-order chi connectivity index (χ1) is 10.2. The van der Waals surface area contributed by atoms with Gasteiger partial charge in [0, 0.05) is 11.0 Å². The molecule has 0 aliphatic rings. The highest BCUT2D eigenvalue weighted by Gasteiger charge is 2.05. The molecule has 0 radical (unpaired) electrons. The summed E-state index contributed by atoms with van der Waals surface area (Å²) in [4.78, 5) is 4.48. The maximum absolute atomic E-state index is 6.16. The second kappa shape index (κ2) is 8.37. The maximum Gasteiger partial charge on any atom is 0.126 e. The second-order valence-electron chi connectivity index (χ2n) is 4.67. The van der Waals surface area contributed by atoms with Crippen LogP contribution in [0.5, 0.6) is 0 Å². The molecule has 2 aromatic rings. The number of hydrogen-bond acceptors (Lipinski definition) is 3. The van der Waals surface area contributed by atoms with Crippen LogP contribution in [-0.4, -0.2) is 11.5 Å². The van der Waals surface area contributed by atoms with Crippen molar-refractivity contribution < 1.29 is 4.74 Å². The lowest BCUT2D eigenvalue weighted by atomic mass is 10.2. The molecule has 0 aliphatic carbocycles. The minimum Gasteiger partial charge on any atom is -0.370 e. The van der Waals surface area contributed by atoms with Gasteiger partial charge in [-0.15, -0.1) is 0 Å². The highest BCUT2D eigenvalue weighted by Crippen LogP contribution is 2.19. The molecule has 0 saturated carbocycles. The molecule has 1 heterocycles. The number of nitrogens with one attached hydrogen (secondary N) is 1. The fourth-order valence-corrected chi connectivity index (χ4v) is 2.44. The van der Waals surface area contributed by atoms with E-state index in [-0.39, 0.29) is 0 Å². The number of halogens is 2. The number of ether oxygens (including phenoxy) is 1. The third-order valence-corrected chi connectivity index (χ3v) is 3.71. The van der Waals surface area contributed by atoms with Crippen molar-refractivity contribution in [2.75, 3.05) is 11.9 Å². The summed E-state index contributed by atoms with van der Waals surface area (Å²) >= 11 is 9.61. The molecule has 0 saturated heterocycles. The summed E-state index contributed by atoms with van der Waals surface area (Å²) in [6, 6.07) is 11.8. The molecule has 2 rings (SSSR count). The number of pyridine rings is 1. The summed E-state index contributed by atoms with van der Waals surface area (Å²) in [5, 5.41) is 3.88. The topological polar surface area (TPSA) is 34.1 Å². The van der Waals surface area contributed by atoms with Crippen molar-refractivity contribution in [3.63, 3.8) is 0 Å². The first-order valence-corrected chi connectivity index (χ1v) is 8.07. The Balaban J connectivity index is 1.92. The molecule has 1 aromatic heterocycles. The van der Waals surface area contributed by atoms with Crippen LogP contribution >= 0.6 is 27.5 Å². The number of rotatable bonds is 7. The quantitative estimate of drug-likeness (QED) is 0.742. The summed E-state index contributed by atoms with van der Waals surface area (Å²) < 4.78 is 6.75. The third kappa shape index (κ3) is 5.30. The lowest BCUT2D eigenvalue weighted by Crippen LogP contribution is -2.05. The Labute approximate surface area is 138 Å². The van der Waals surface area contributed by atoms with Gasteiger partial charge in [-0.05, 0) is 36.2 Å². The Kier molecular flexibility index (Phi) is 6.49. The zero-order valence-electron chi connectivity index (χ0n) is 11.9. The Morgan fingerprint density at radius 3 is 2.86 bits per heavy atom. The lowest BCUT2D eigenvalue weighted by molar-refractivity contribution is 0.105. The predicted octanol–water partition coefficient (Wildman–Crippen LogP) is 5.04. The van der Waals surface area contributed by atoms with Crippen LogP contribution in [-0.2, 0) is 18.0 Å². The largest absolute Gasteiger partial charge is 0.370 e. The van der Waals surface area contributed by atoms with Crippen molar-refractivity contribution in [2.45, 2.75) is 26.6 Å². The summed E-state index contributed by atoms with van der Waals surface area (Å²) in [5.74, 6) is 0.835. The number of benzene rings is 1. The number of nitrogens with zero attached hydrogens (tertiary/aromatic N) is 1. The van der Waals surface area contributed by atoms with Crippen LogP contribution in [0.2, 0.25) is 5.02 Å². The standard InChI is InChI=1S/C16H18BrClN2O/c1-2-8-19-16-7-6-14(18)15(20-16)11-21-10-12-4-3-5-13(17)9-12/h3-7,9H,2,8,10-11H2,1H3,(H,19,20). The van der Waals surface area contributed by atoms with E-state index < -0.39 is 0 Å². The second-order valence-corrected chi connectivity index (χ2v) is 6.00. The summed E-state index contributed by atoms with van der Waals surface area (Å²) in [6.07, 6.45) is 1.05. The summed E-state index contributed by atoms with van der Waals surface area (Å²) in [6.45, 7) is 3.94. The summed E-state index contributed by atoms with van der Waals surface area (Å²) in [7, 11) is 0. The third-order valence-electron chi connectivity index (χ3n) is 2.87. The monoisotopic (exact) mass is 368 g/mol. The first kappa shape index (κ1) is 16.3. The highest BCUT2D eigenvalue weighted by molar-refractivity contribution is 9.10. The van der Waals surface area contributed by atoms with Crippen molar-refractivity contribution in [2.24, 2.45) is 0 Å². The molecule has 21 heavy (non-hydrogen) atoms. The highest BCUT2D eigenvalue weighted by atomic mass is 79.9. The number of hydrogen-bond donors (Lipinski definition) is 1. The van der Waals surface area contributed by atoms with Crippen LogP contribution in [0.1, 0.15) is 24.6 Å². The first-order valence-electron chi connectivity index (χ1n) is 6.90. The average molecular weight is 370 g/mol. The molecule has 0 unspecified atom stereocenters. The molecule has 0 bridgehead atoms. The SMILES string of the molecule is CCCNc1ccc(Cl)c(COCc2cccc(Br)c2)n1. The fraction of sp³-hybridized carbons (Fsp3) is 0.312.